The van der Waals surface area contributed by atoms with Gasteiger partial charge in [0.05, 0.1) is 0 Å². The molecule has 2 aromatic rings. The van der Waals surface area contributed by atoms with E-state index in [4.69, 9.17) is 5.11 Å². The van der Waals surface area contributed by atoms with Gasteiger partial charge in [-0.05, 0) is 43.9 Å². The fourth-order valence-electron chi connectivity index (χ4n) is 2.76. The Hall–Kier alpha value is -2.13. The summed E-state index contributed by atoms with van der Waals surface area (Å²) in [5.74, 6) is -0.733. The zero-order valence-corrected chi connectivity index (χ0v) is 13.7. The number of carbonyl (C=O) groups is 1. The lowest BCUT2D eigenvalue weighted by atomic mass is 10.0. The van der Waals surface area contributed by atoms with E-state index in [1.165, 1.54) is 16.7 Å². The molecule has 0 fully saturated rings. The highest BCUT2D eigenvalue weighted by Crippen LogP contribution is 2.09. The molecule has 23 heavy (non-hydrogen) atoms. The Morgan fingerprint density at radius 2 is 1.83 bits per heavy atom. The lowest BCUT2D eigenvalue weighted by Gasteiger charge is -2.18. The Bertz CT molecular complexity index is 610. The van der Waals surface area contributed by atoms with E-state index in [0.29, 0.717) is 6.42 Å². The lowest BCUT2D eigenvalue weighted by molar-refractivity contribution is -0.137. The van der Waals surface area contributed by atoms with Crippen LogP contribution in [-0.4, -0.2) is 23.7 Å². The summed E-state index contributed by atoms with van der Waals surface area (Å²) in [6.45, 7) is 2.96. The third-order valence-corrected chi connectivity index (χ3v) is 3.96. The summed E-state index contributed by atoms with van der Waals surface area (Å²) in [6, 6.07) is 18.9. The molecule has 2 rings (SSSR count). The third kappa shape index (κ3) is 6.66. The lowest BCUT2D eigenvalue weighted by Crippen LogP contribution is -2.33. The molecule has 0 aromatic heterocycles. The molecule has 2 N–H and O–H groups in total. The number of carboxylic acids is 1. The average Bonchev–Trinajstić information content (AvgIpc) is 2.53. The smallest absolute Gasteiger partial charge is 0.303 e. The van der Waals surface area contributed by atoms with Gasteiger partial charge in [0.1, 0.15) is 0 Å². The maximum absolute atomic E-state index is 10.9. The van der Waals surface area contributed by atoms with Crippen LogP contribution in [0.25, 0.3) is 0 Å². The van der Waals surface area contributed by atoms with Crippen LogP contribution in [0, 0.1) is 6.92 Å². The van der Waals surface area contributed by atoms with Crippen LogP contribution < -0.4 is 5.32 Å². The van der Waals surface area contributed by atoms with Crippen molar-refractivity contribution in [2.24, 2.45) is 0 Å². The van der Waals surface area contributed by atoms with Crippen molar-refractivity contribution in [3.8, 4) is 0 Å². The van der Waals surface area contributed by atoms with Gasteiger partial charge in [-0.1, -0.05) is 60.2 Å². The summed E-state index contributed by atoms with van der Waals surface area (Å²) in [7, 11) is 0. The van der Waals surface area contributed by atoms with Gasteiger partial charge >= 0.3 is 5.97 Å². The van der Waals surface area contributed by atoms with Gasteiger partial charge in [-0.3, -0.25) is 4.79 Å². The van der Waals surface area contributed by atoms with Gasteiger partial charge in [-0.15, -0.1) is 0 Å². The van der Waals surface area contributed by atoms with E-state index in [1.54, 1.807) is 0 Å². The predicted molar refractivity (Wildman–Crippen MR) is 93.7 cm³/mol. The summed E-state index contributed by atoms with van der Waals surface area (Å²) < 4.78 is 0. The maximum atomic E-state index is 10.9. The maximum Gasteiger partial charge on any atom is 0.303 e. The van der Waals surface area contributed by atoms with Gasteiger partial charge < -0.3 is 10.4 Å². The molecule has 122 valence electrons. The normalized spacial score (nSPS) is 12.0. The van der Waals surface area contributed by atoms with E-state index in [9.17, 15) is 4.79 Å². The van der Waals surface area contributed by atoms with Crippen molar-refractivity contribution in [2.75, 3.05) is 6.54 Å². The van der Waals surface area contributed by atoms with Crippen LogP contribution in [0.2, 0.25) is 0 Å². The fourth-order valence-corrected chi connectivity index (χ4v) is 2.76. The molecule has 2 aromatic carbocycles. The van der Waals surface area contributed by atoms with Gasteiger partial charge in [0, 0.05) is 12.5 Å². The number of hydrogen-bond donors (Lipinski definition) is 2. The summed E-state index contributed by atoms with van der Waals surface area (Å²) in [5.41, 5.74) is 3.83. The minimum absolute atomic E-state index is 0.193. The van der Waals surface area contributed by atoms with Crippen LogP contribution in [0.3, 0.4) is 0 Å². The Morgan fingerprint density at radius 3 is 2.52 bits per heavy atom. The van der Waals surface area contributed by atoms with Gasteiger partial charge in [-0.25, -0.2) is 0 Å². The monoisotopic (exact) mass is 311 g/mol. The van der Waals surface area contributed by atoms with Gasteiger partial charge in [-0.2, -0.15) is 0 Å². The van der Waals surface area contributed by atoms with Gasteiger partial charge in [0.15, 0.2) is 0 Å². The Labute approximate surface area is 138 Å². The second kappa shape index (κ2) is 9.11. The van der Waals surface area contributed by atoms with Crippen molar-refractivity contribution in [1.29, 1.82) is 0 Å². The van der Waals surface area contributed by atoms with E-state index < -0.39 is 5.97 Å². The van der Waals surface area contributed by atoms with Crippen molar-refractivity contribution >= 4 is 5.97 Å². The second-order valence-electron chi connectivity index (χ2n) is 6.01. The summed E-state index contributed by atoms with van der Waals surface area (Å²) in [4.78, 5) is 10.9. The molecule has 0 aliphatic carbocycles. The molecule has 0 amide bonds. The number of nitrogens with one attached hydrogen (secondary N) is 1. The summed E-state index contributed by atoms with van der Waals surface area (Å²) in [6.07, 6.45) is 2.68. The van der Waals surface area contributed by atoms with Crippen LogP contribution >= 0.6 is 0 Å². The average molecular weight is 311 g/mol. The molecule has 0 aliphatic heterocycles. The molecular formula is C20H25NO2. The zero-order valence-electron chi connectivity index (χ0n) is 13.7. The molecule has 0 aliphatic rings. The Balaban J connectivity index is 1.87. The second-order valence-corrected chi connectivity index (χ2v) is 6.01. The highest BCUT2D eigenvalue weighted by atomic mass is 16.4. The van der Waals surface area contributed by atoms with Crippen LogP contribution in [0.1, 0.15) is 29.5 Å². The molecule has 1 unspecified atom stereocenters. The molecule has 0 saturated carbocycles. The third-order valence-electron chi connectivity index (χ3n) is 3.96. The minimum atomic E-state index is -0.733. The Morgan fingerprint density at radius 1 is 1.09 bits per heavy atom. The van der Waals surface area contributed by atoms with Gasteiger partial charge in [0.25, 0.3) is 0 Å². The first-order valence-electron chi connectivity index (χ1n) is 8.18. The molecule has 0 heterocycles. The molecular weight excluding hydrogens is 286 g/mol. The summed E-state index contributed by atoms with van der Waals surface area (Å²) >= 11 is 0. The predicted octanol–water partition coefficient (Wildman–Crippen LogP) is 3.60. The number of benzene rings is 2. The van der Waals surface area contributed by atoms with E-state index in [-0.39, 0.29) is 12.5 Å². The van der Waals surface area contributed by atoms with Crippen molar-refractivity contribution in [3.05, 3.63) is 71.3 Å². The summed E-state index contributed by atoms with van der Waals surface area (Å²) in [5, 5.41) is 12.5. The topological polar surface area (TPSA) is 49.3 Å². The first kappa shape index (κ1) is 17.2. The standard InChI is InChI=1S/C20H25NO2/c1-16-6-5-9-18(14-16)12-13-21-19(10-11-20(22)23)15-17-7-3-2-4-8-17/h2-9,14,19,21H,10-13,15H2,1H3,(H,22,23). The highest BCUT2D eigenvalue weighted by molar-refractivity contribution is 5.66. The van der Waals surface area contributed by atoms with Gasteiger partial charge in [0.2, 0.25) is 0 Å². The molecule has 1 atom stereocenters. The quantitative estimate of drug-likeness (QED) is 0.744. The number of rotatable bonds is 9. The van der Waals surface area contributed by atoms with Crippen LogP contribution in [0.5, 0.6) is 0 Å². The number of aliphatic carboxylic acids is 1. The fraction of sp³-hybridized carbons (Fsp3) is 0.350. The molecule has 3 nitrogen and oxygen atoms in total. The van der Waals surface area contributed by atoms with E-state index >= 15 is 0 Å². The molecule has 0 spiro atoms. The molecule has 0 radical (unpaired) electrons. The number of hydrogen-bond acceptors (Lipinski definition) is 2. The highest BCUT2D eigenvalue weighted by Gasteiger charge is 2.11. The van der Waals surface area contributed by atoms with Crippen molar-refractivity contribution in [3.63, 3.8) is 0 Å². The van der Waals surface area contributed by atoms with Crippen LogP contribution in [0.4, 0.5) is 0 Å². The molecule has 0 bridgehead atoms. The first-order valence-corrected chi connectivity index (χ1v) is 8.18. The minimum Gasteiger partial charge on any atom is -0.481 e. The molecule has 0 saturated heterocycles. The van der Waals surface area contributed by atoms with Crippen LogP contribution in [-0.2, 0) is 17.6 Å². The number of aryl methyl sites for hydroxylation is 1. The largest absolute Gasteiger partial charge is 0.481 e. The van der Waals surface area contributed by atoms with Crippen LogP contribution in [0.15, 0.2) is 54.6 Å². The first-order chi connectivity index (χ1) is 11.1. The SMILES string of the molecule is Cc1cccc(CCNC(CCC(=O)O)Cc2ccccc2)c1. The number of carboxylic acid groups (broad SMARTS) is 1. The zero-order chi connectivity index (χ0) is 16.5. The van der Waals surface area contributed by atoms with E-state index in [2.05, 4.69) is 48.6 Å². The van der Waals surface area contributed by atoms with E-state index in [0.717, 1.165) is 19.4 Å². The van der Waals surface area contributed by atoms with Crippen molar-refractivity contribution < 1.29 is 9.90 Å². The van der Waals surface area contributed by atoms with Crippen molar-refractivity contribution in [1.82, 2.24) is 5.32 Å². The van der Waals surface area contributed by atoms with Crippen molar-refractivity contribution in [2.45, 2.75) is 38.6 Å². The van der Waals surface area contributed by atoms with E-state index in [1.807, 2.05) is 18.2 Å². The Kier molecular flexibility index (Phi) is 6.82. The molecule has 3 heteroatoms.